The fraction of sp³-hybridized carbons (Fsp3) is 0.433. The number of hydrogen-bond acceptors (Lipinski definition) is 6. The van der Waals surface area contributed by atoms with E-state index >= 15 is 0 Å². The van der Waals surface area contributed by atoms with E-state index in [0.29, 0.717) is 19.0 Å². The van der Waals surface area contributed by atoms with Crippen molar-refractivity contribution in [2.75, 3.05) is 39.4 Å². The van der Waals surface area contributed by atoms with Gasteiger partial charge in [-0.3, -0.25) is 14.5 Å². The Balaban J connectivity index is 1.19. The third kappa shape index (κ3) is 4.86. The Morgan fingerprint density at radius 3 is 2.13 bits per heavy atom. The van der Waals surface area contributed by atoms with Crippen LogP contribution in [0.2, 0.25) is 0 Å². The molecule has 198 valence electrons. The van der Waals surface area contributed by atoms with E-state index in [0.717, 1.165) is 61.7 Å². The van der Waals surface area contributed by atoms with Gasteiger partial charge in [-0.15, -0.1) is 0 Å². The van der Waals surface area contributed by atoms with Crippen molar-refractivity contribution in [3.05, 3.63) is 66.5 Å². The molecule has 0 bridgehead atoms. The minimum Gasteiger partial charge on any atom is -0.384 e. The number of aliphatic imine (C=N–C) groups is 1. The van der Waals surface area contributed by atoms with Gasteiger partial charge in [-0.1, -0.05) is 48.5 Å². The highest BCUT2D eigenvalue weighted by molar-refractivity contribution is 6.00. The molecule has 4 heterocycles. The fourth-order valence-corrected chi connectivity index (χ4v) is 5.86. The quantitative estimate of drug-likeness (QED) is 0.547. The lowest BCUT2D eigenvalue weighted by molar-refractivity contribution is -0.146. The molecule has 6 rings (SSSR count). The Bertz CT molecular complexity index is 1320. The summed E-state index contributed by atoms with van der Waals surface area (Å²) < 4.78 is 7.47. The number of aryl methyl sites for hydroxylation is 1. The van der Waals surface area contributed by atoms with Crippen LogP contribution in [0.5, 0.6) is 0 Å². The van der Waals surface area contributed by atoms with Gasteiger partial charge in [0.2, 0.25) is 0 Å². The molecule has 0 aliphatic carbocycles. The predicted octanol–water partition coefficient (Wildman–Crippen LogP) is 3.20. The first-order chi connectivity index (χ1) is 18.4. The largest absolute Gasteiger partial charge is 0.384 e. The van der Waals surface area contributed by atoms with Crippen molar-refractivity contribution in [3.63, 3.8) is 0 Å². The number of amidine groups is 1. The molecule has 8 nitrogen and oxygen atoms in total. The summed E-state index contributed by atoms with van der Waals surface area (Å²) in [6.07, 6.45) is 4.84. The Kier molecular flexibility index (Phi) is 6.53. The SMILES string of the molecule is CC(O)C(=O)N1CC(CN2CC3(CCOCC3)N=C2c2ccc(-c3ccc(-c4cnn(C)c4)cc3)cc2)C1. The monoisotopic (exact) mass is 513 g/mol. The predicted molar refractivity (Wildman–Crippen MR) is 147 cm³/mol. The van der Waals surface area contributed by atoms with E-state index in [1.807, 2.05) is 24.1 Å². The zero-order valence-corrected chi connectivity index (χ0v) is 22.1. The van der Waals surface area contributed by atoms with Crippen LogP contribution in [0.15, 0.2) is 65.9 Å². The van der Waals surface area contributed by atoms with Gasteiger partial charge in [-0.2, -0.15) is 5.10 Å². The van der Waals surface area contributed by atoms with E-state index in [1.165, 1.54) is 18.1 Å². The van der Waals surface area contributed by atoms with Crippen molar-refractivity contribution < 1.29 is 14.6 Å². The molecule has 0 radical (unpaired) electrons. The van der Waals surface area contributed by atoms with Crippen LogP contribution >= 0.6 is 0 Å². The van der Waals surface area contributed by atoms with Gasteiger partial charge < -0.3 is 19.6 Å². The second kappa shape index (κ2) is 10.0. The van der Waals surface area contributed by atoms with Gasteiger partial charge in [0.15, 0.2) is 0 Å². The fourth-order valence-electron chi connectivity index (χ4n) is 5.86. The lowest BCUT2D eigenvalue weighted by Gasteiger charge is -2.42. The molecule has 2 saturated heterocycles. The number of aliphatic hydroxyl groups is 1. The summed E-state index contributed by atoms with van der Waals surface area (Å²) in [5, 5.41) is 13.9. The summed E-state index contributed by atoms with van der Waals surface area (Å²) in [4.78, 5) is 21.6. The number of amides is 1. The number of aromatic nitrogens is 2. The first-order valence-electron chi connectivity index (χ1n) is 13.5. The summed E-state index contributed by atoms with van der Waals surface area (Å²) in [6, 6.07) is 17.3. The Hall–Kier alpha value is -3.49. The highest BCUT2D eigenvalue weighted by Crippen LogP contribution is 2.35. The molecule has 1 atom stereocenters. The van der Waals surface area contributed by atoms with Gasteiger partial charge in [0, 0.05) is 69.7 Å². The number of carbonyl (C=O) groups excluding carboxylic acids is 1. The maximum atomic E-state index is 12.1. The molecular formula is C30H35N5O3. The van der Waals surface area contributed by atoms with Gasteiger partial charge in [0.25, 0.3) is 5.91 Å². The summed E-state index contributed by atoms with van der Waals surface area (Å²) in [5.74, 6) is 1.25. The molecule has 1 unspecified atom stereocenters. The van der Waals surface area contributed by atoms with Crippen molar-refractivity contribution >= 4 is 11.7 Å². The van der Waals surface area contributed by atoms with Crippen molar-refractivity contribution in [1.29, 1.82) is 0 Å². The molecule has 1 N–H and O–H groups in total. The highest BCUT2D eigenvalue weighted by atomic mass is 16.5. The number of ether oxygens (including phenoxy) is 1. The number of rotatable bonds is 6. The molecule has 1 amide bonds. The maximum absolute atomic E-state index is 12.1. The Morgan fingerprint density at radius 2 is 1.58 bits per heavy atom. The molecular weight excluding hydrogens is 478 g/mol. The van der Waals surface area contributed by atoms with Gasteiger partial charge >= 0.3 is 0 Å². The number of aliphatic hydroxyl groups excluding tert-OH is 1. The van der Waals surface area contributed by atoms with E-state index < -0.39 is 6.10 Å². The van der Waals surface area contributed by atoms with E-state index in [2.05, 4.69) is 58.5 Å². The molecule has 8 heteroatoms. The van der Waals surface area contributed by atoms with Gasteiger partial charge in [0.05, 0.1) is 11.7 Å². The summed E-state index contributed by atoms with van der Waals surface area (Å²) >= 11 is 0. The summed E-state index contributed by atoms with van der Waals surface area (Å²) in [6.45, 7) is 6.17. The van der Waals surface area contributed by atoms with Crippen LogP contribution in [0.4, 0.5) is 0 Å². The number of likely N-dealkylation sites (tertiary alicyclic amines) is 1. The van der Waals surface area contributed by atoms with Crippen LogP contribution in [-0.2, 0) is 16.6 Å². The third-order valence-electron chi connectivity index (χ3n) is 8.06. The first kappa shape index (κ1) is 24.8. The molecule has 3 aromatic rings. The van der Waals surface area contributed by atoms with E-state index in [4.69, 9.17) is 9.73 Å². The molecule has 1 spiro atoms. The number of hydrogen-bond donors (Lipinski definition) is 1. The van der Waals surface area contributed by atoms with Crippen LogP contribution in [-0.4, -0.2) is 87.5 Å². The van der Waals surface area contributed by atoms with Crippen LogP contribution in [0.3, 0.4) is 0 Å². The van der Waals surface area contributed by atoms with Crippen molar-refractivity contribution in [1.82, 2.24) is 19.6 Å². The maximum Gasteiger partial charge on any atom is 0.251 e. The smallest absolute Gasteiger partial charge is 0.251 e. The van der Waals surface area contributed by atoms with Gasteiger partial charge in [-0.05, 0) is 36.5 Å². The van der Waals surface area contributed by atoms with Gasteiger partial charge in [-0.25, -0.2) is 0 Å². The number of nitrogens with zero attached hydrogens (tertiary/aromatic N) is 5. The number of benzene rings is 2. The Labute approximate surface area is 223 Å². The lowest BCUT2D eigenvalue weighted by atomic mass is 9.91. The normalized spacial score (nSPS) is 19.9. The molecule has 0 saturated carbocycles. The van der Waals surface area contributed by atoms with E-state index in [1.54, 1.807) is 4.90 Å². The van der Waals surface area contributed by atoms with Gasteiger partial charge in [0.1, 0.15) is 11.9 Å². The highest BCUT2D eigenvalue weighted by Gasteiger charge is 2.43. The van der Waals surface area contributed by atoms with E-state index in [9.17, 15) is 9.90 Å². The Morgan fingerprint density at radius 1 is 1.00 bits per heavy atom. The lowest BCUT2D eigenvalue weighted by Crippen LogP contribution is -2.56. The molecule has 3 aliphatic rings. The summed E-state index contributed by atoms with van der Waals surface area (Å²) in [5.41, 5.74) is 5.64. The molecule has 3 aliphatic heterocycles. The van der Waals surface area contributed by atoms with Crippen molar-refractivity contribution in [2.24, 2.45) is 18.0 Å². The van der Waals surface area contributed by atoms with Crippen LogP contribution < -0.4 is 0 Å². The molecule has 2 fully saturated rings. The van der Waals surface area contributed by atoms with Crippen LogP contribution in [0.25, 0.3) is 22.3 Å². The van der Waals surface area contributed by atoms with Crippen LogP contribution in [0.1, 0.15) is 25.3 Å². The van der Waals surface area contributed by atoms with Crippen LogP contribution in [0, 0.1) is 5.92 Å². The second-order valence-electron chi connectivity index (χ2n) is 11.0. The topological polar surface area (TPSA) is 83.2 Å². The zero-order chi connectivity index (χ0) is 26.3. The van der Waals surface area contributed by atoms with E-state index in [-0.39, 0.29) is 11.4 Å². The minimum absolute atomic E-state index is 0.0900. The van der Waals surface area contributed by atoms with Crippen molar-refractivity contribution in [2.45, 2.75) is 31.4 Å². The number of carbonyl (C=O) groups is 1. The summed E-state index contributed by atoms with van der Waals surface area (Å²) in [7, 11) is 1.93. The average molecular weight is 514 g/mol. The van der Waals surface area contributed by atoms with Crippen molar-refractivity contribution in [3.8, 4) is 22.3 Å². The first-order valence-corrected chi connectivity index (χ1v) is 13.5. The average Bonchev–Trinajstić information content (AvgIpc) is 3.49. The zero-order valence-electron chi connectivity index (χ0n) is 22.1. The third-order valence-corrected chi connectivity index (χ3v) is 8.06. The minimum atomic E-state index is -0.935. The molecule has 2 aromatic carbocycles. The standard InChI is InChI=1S/C30H35N5O3/c1-21(36)29(37)34-16-22(17-34)18-35-20-30(11-13-38-14-12-30)32-28(35)26-9-7-24(8-10-26)23-3-5-25(6-4-23)27-15-31-33(2)19-27/h3-10,15,19,21-22,36H,11-14,16-18,20H2,1-2H3. The molecule has 38 heavy (non-hydrogen) atoms. The molecule has 1 aromatic heterocycles. The second-order valence-corrected chi connectivity index (χ2v) is 11.0.